The van der Waals surface area contributed by atoms with Gasteiger partial charge in [-0.2, -0.15) is 5.10 Å². The van der Waals surface area contributed by atoms with E-state index >= 15 is 0 Å². The SMILES string of the molecule is Cn1cc([C@@H]2c3nc[nH]c3CCN2Cc2cccc3cccnc23)cn1. The van der Waals surface area contributed by atoms with E-state index in [1.54, 1.807) is 6.33 Å². The van der Waals surface area contributed by atoms with Crippen LogP contribution in [-0.2, 0) is 20.0 Å². The van der Waals surface area contributed by atoms with Crippen molar-refractivity contribution in [3.63, 3.8) is 0 Å². The average Bonchev–Trinajstić information content (AvgIpc) is 3.31. The highest BCUT2D eigenvalue weighted by Crippen LogP contribution is 2.34. The number of aromatic amines is 1. The fourth-order valence-corrected chi connectivity index (χ4v) is 3.96. The van der Waals surface area contributed by atoms with E-state index in [1.807, 2.05) is 30.2 Å². The minimum atomic E-state index is 0.109. The fourth-order valence-electron chi connectivity index (χ4n) is 3.96. The lowest BCUT2D eigenvalue weighted by atomic mass is 9.97. The Morgan fingerprint density at radius 3 is 3.00 bits per heavy atom. The number of benzene rings is 1. The van der Waals surface area contributed by atoms with Crippen molar-refractivity contribution in [2.75, 3.05) is 6.54 Å². The number of hydrogen-bond acceptors (Lipinski definition) is 4. The number of rotatable bonds is 3. The molecule has 0 fully saturated rings. The first-order chi connectivity index (χ1) is 12.8. The summed E-state index contributed by atoms with van der Waals surface area (Å²) in [5, 5.41) is 5.56. The van der Waals surface area contributed by atoms with Gasteiger partial charge in [0.05, 0.1) is 29.8 Å². The summed E-state index contributed by atoms with van der Waals surface area (Å²) in [6.45, 7) is 1.80. The van der Waals surface area contributed by atoms with Crippen molar-refractivity contribution >= 4 is 10.9 Å². The summed E-state index contributed by atoms with van der Waals surface area (Å²) in [5.74, 6) is 0. The standard InChI is InChI=1S/C20H20N6/c1-25-11-16(10-24-25)20-19-17(22-13-23-19)7-9-26(20)12-15-5-2-4-14-6-3-8-21-18(14)15/h2-6,8,10-11,13,20H,7,9,12H2,1H3,(H,22,23)/t20-/m1/s1. The van der Waals surface area contributed by atoms with Crippen LogP contribution in [0.15, 0.2) is 55.2 Å². The predicted octanol–water partition coefficient (Wildman–Crippen LogP) is 2.84. The van der Waals surface area contributed by atoms with Crippen LogP contribution in [0.4, 0.5) is 0 Å². The highest BCUT2D eigenvalue weighted by molar-refractivity contribution is 5.81. The van der Waals surface area contributed by atoms with Crippen LogP contribution in [0, 0.1) is 0 Å². The molecule has 26 heavy (non-hydrogen) atoms. The lowest BCUT2D eigenvalue weighted by molar-refractivity contribution is 0.201. The summed E-state index contributed by atoms with van der Waals surface area (Å²) in [6, 6.07) is 10.6. The van der Waals surface area contributed by atoms with Crippen LogP contribution < -0.4 is 0 Å². The van der Waals surface area contributed by atoms with E-state index in [1.165, 1.54) is 22.2 Å². The number of nitrogens with one attached hydrogen (secondary N) is 1. The van der Waals surface area contributed by atoms with Gasteiger partial charge < -0.3 is 4.98 Å². The third-order valence-electron chi connectivity index (χ3n) is 5.16. The van der Waals surface area contributed by atoms with Crippen molar-refractivity contribution in [3.8, 4) is 0 Å². The number of para-hydroxylation sites is 1. The van der Waals surface area contributed by atoms with Gasteiger partial charge in [-0.25, -0.2) is 4.98 Å². The van der Waals surface area contributed by atoms with Gasteiger partial charge in [-0.1, -0.05) is 24.3 Å². The second kappa shape index (κ2) is 6.07. The van der Waals surface area contributed by atoms with Gasteiger partial charge in [0.25, 0.3) is 0 Å². The second-order valence-corrected chi connectivity index (χ2v) is 6.83. The van der Waals surface area contributed by atoms with Gasteiger partial charge in [0.1, 0.15) is 0 Å². The Hall–Kier alpha value is -2.99. The van der Waals surface area contributed by atoms with Crippen molar-refractivity contribution in [3.05, 3.63) is 77.8 Å². The lowest BCUT2D eigenvalue weighted by Crippen LogP contribution is -2.35. The molecule has 0 saturated carbocycles. The zero-order valence-electron chi connectivity index (χ0n) is 14.6. The number of fused-ring (bicyclic) bond motifs is 2. The second-order valence-electron chi connectivity index (χ2n) is 6.83. The Bertz CT molecular complexity index is 1060. The molecule has 0 bridgehead atoms. The first-order valence-corrected chi connectivity index (χ1v) is 8.87. The molecule has 5 rings (SSSR count). The molecule has 0 saturated heterocycles. The van der Waals surface area contributed by atoms with Crippen LogP contribution in [0.2, 0.25) is 0 Å². The molecule has 130 valence electrons. The average molecular weight is 344 g/mol. The lowest BCUT2D eigenvalue weighted by Gasteiger charge is -2.34. The molecule has 0 radical (unpaired) electrons. The van der Waals surface area contributed by atoms with E-state index in [4.69, 9.17) is 0 Å². The number of H-pyrrole nitrogens is 1. The number of nitrogens with zero attached hydrogens (tertiary/aromatic N) is 5. The summed E-state index contributed by atoms with van der Waals surface area (Å²) in [6.07, 6.45) is 8.68. The molecule has 1 aliphatic rings. The predicted molar refractivity (Wildman–Crippen MR) is 99.5 cm³/mol. The van der Waals surface area contributed by atoms with Crippen LogP contribution in [0.3, 0.4) is 0 Å². The first kappa shape index (κ1) is 15.3. The Labute approximate surface area is 151 Å². The number of pyridine rings is 1. The van der Waals surface area contributed by atoms with E-state index in [9.17, 15) is 0 Å². The maximum Gasteiger partial charge on any atom is 0.0926 e. The monoisotopic (exact) mass is 344 g/mol. The minimum Gasteiger partial charge on any atom is -0.348 e. The summed E-state index contributed by atoms with van der Waals surface area (Å²) >= 11 is 0. The summed E-state index contributed by atoms with van der Waals surface area (Å²) in [7, 11) is 1.96. The van der Waals surface area contributed by atoms with Crippen LogP contribution in [-0.4, -0.2) is 36.2 Å². The Balaban J connectivity index is 1.57. The van der Waals surface area contributed by atoms with Gasteiger partial charge in [0.15, 0.2) is 0 Å². The summed E-state index contributed by atoms with van der Waals surface area (Å²) in [4.78, 5) is 15.0. The van der Waals surface area contributed by atoms with Gasteiger partial charge in [-0.05, 0) is 11.6 Å². The molecule has 6 heteroatoms. The van der Waals surface area contributed by atoms with Gasteiger partial charge in [0.2, 0.25) is 0 Å². The Kier molecular flexibility index (Phi) is 3.57. The third-order valence-corrected chi connectivity index (χ3v) is 5.16. The van der Waals surface area contributed by atoms with Crippen molar-refractivity contribution in [1.82, 2.24) is 29.6 Å². The maximum absolute atomic E-state index is 4.63. The normalized spacial score (nSPS) is 17.5. The van der Waals surface area contributed by atoms with Crippen LogP contribution >= 0.6 is 0 Å². The number of aryl methyl sites for hydroxylation is 1. The molecular formula is C20H20N6. The molecule has 1 aromatic carbocycles. The molecule has 0 amide bonds. The first-order valence-electron chi connectivity index (χ1n) is 8.87. The van der Waals surface area contributed by atoms with E-state index in [2.05, 4.69) is 55.4 Å². The largest absolute Gasteiger partial charge is 0.348 e. The van der Waals surface area contributed by atoms with Gasteiger partial charge in [-0.15, -0.1) is 0 Å². The maximum atomic E-state index is 4.63. The van der Waals surface area contributed by atoms with E-state index in [0.717, 1.165) is 30.7 Å². The van der Waals surface area contributed by atoms with Gasteiger partial charge in [-0.3, -0.25) is 14.6 Å². The highest BCUT2D eigenvalue weighted by atomic mass is 15.3. The highest BCUT2D eigenvalue weighted by Gasteiger charge is 2.32. The van der Waals surface area contributed by atoms with Gasteiger partial charge >= 0.3 is 0 Å². The van der Waals surface area contributed by atoms with Crippen molar-refractivity contribution < 1.29 is 0 Å². The zero-order valence-corrected chi connectivity index (χ0v) is 14.6. The molecule has 4 heterocycles. The number of imidazole rings is 1. The van der Waals surface area contributed by atoms with Crippen LogP contribution in [0.25, 0.3) is 10.9 Å². The van der Waals surface area contributed by atoms with Crippen LogP contribution in [0.5, 0.6) is 0 Å². The molecule has 4 aromatic rings. The van der Waals surface area contributed by atoms with E-state index in [0.29, 0.717) is 0 Å². The van der Waals surface area contributed by atoms with E-state index < -0.39 is 0 Å². The molecule has 1 N–H and O–H groups in total. The molecule has 0 spiro atoms. The zero-order chi connectivity index (χ0) is 17.5. The molecule has 0 unspecified atom stereocenters. The molecular weight excluding hydrogens is 324 g/mol. The van der Waals surface area contributed by atoms with Crippen molar-refractivity contribution in [2.45, 2.75) is 19.0 Å². The molecule has 1 aliphatic heterocycles. The number of aromatic nitrogens is 5. The smallest absolute Gasteiger partial charge is 0.0926 e. The fraction of sp³-hybridized carbons (Fsp3) is 0.250. The van der Waals surface area contributed by atoms with Crippen LogP contribution in [0.1, 0.15) is 28.6 Å². The summed E-state index contributed by atoms with van der Waals surface area (Å²) in [5.41, 5.74) is 5.83. The molecule has 3 aromatic heterocycles. The van der Waals surface area contributed by atoms with Crippen molar-refractivity contribution in [1.29, 1.82) is 0 Å². The summed E-state index contributed by atoms with van der Waals surface area (Å²) < 4.78 is 1.86. The van der Waals surface area contributed by atoms with Crippen molar-refractivity contribution in [2.24, 2.45) is 7.05 Å². The Morgan fingerprint density at radius 2 is 2.12 bits per heavy atom. The van der Waals surface area contributed by atoms with E-state index in [-0.39, 0.29) is 6.04 Å². The topological polar surface area (TPSA) is 62.6 Å². The molecule has 0 aliphatic carbocycles. The molecule has 1 atom stereocenters. The minimum absolute atomic E-state index is 0.109. The molecule has 6 nitrogen and oxygen atoms in total. The Morgan fingerprint density at radius 1 is 1.19 bits per heavy atom. The van der Waals surface area contributed by atoms with Gasteiger partial charge in [0, 0.05) is 55.6 Å². The quantitative estimate of drug-likeness (QED) is 0.621. The number of hydrogen-bond donors (Lipinski definition) is 1. The third kappa shape index (κ3) is 2.50.